The van der Waals surface area contributed by atoms with Gasteiger partial charge < -0.3 is 9.80 Å². The summed E-state index contributed by atoms with van der Waals surface area (Å²) in [6.45, 7) is 4.68. The topological polar surface area (TPSA) is 63.4 Å². The molecular weight excluding hydrogens is 306 g/mol. The van der Waals surface area contributed by atoms with Crippen LogP contribution in [0.3, 0.4) is 0 Å². The number of amides is 1. The number of hydrogen-bond acceptors (Lipinski definition) is 4. The van der Waals surface area contributed by atoms with Crippen molar-refractivity contribution >= 4 is 11.6 Å². The molecule has 1 fully saturated rings. The molecule has 0 bridgehead atoms. The third-order valence-corrected chi connectivity index (χ3v) is 4.49. The van der Waals surface area contributed by atoms with Crippen molar-refractivity contribution in [3.8, 4) is 0 Å². The van der Waals surface area contributed by atoms with Gasteiger partial charge in [-0.15, -0.1) is 0 Å². The smallest absolute Gasteiger partial charge is 0.345 e. The van der Waals surface area contributed by atoms with E-state index in [0.717, 1.165) is 6.54 Å². The van der Waals surface area contributed by atoms with E-state index >= 15 is 0 Å². The van der Waals surface area contributed by atoms with Crippen LogP contribution in [0.5, 0.6) is 0 Å². The van der Waals surface area contributed by atoms with E-state index in [-0.39, 0.29) is 17.6 Å². The fourth-order valence-electron chi connectivity index (χ4n) is 3.12. The Kier molecular flexibility index (Phi) is 4.69. The zero-order valence-electron chi connectivity index (χ0n) is 14.1. The minimum Gasteiger partial charge on any atom is -0.365 e. The molecule has 0 radical (unpaired) electrons. The lowest BCUT2D eigenvalue weighted by molar-refractivity contribution is -0.132. The lowest BCUT2D eigenvalue weighted by Crippen LogP contribution is -2.54. The van der Waals surface area contributed by atoms with Gasteiger partial charge in [0.15, 0.2) is 0 Å². The Morgan fingerprint density at radius 2 is 2.00 bits per heavy atom. The van der Waals surface area contributed by atoms with Crippen LogP contribution in [0.2, 0.25) is 0 Å². The summed E-state index contributed by atoms with van der Waals surface area (Å²) in [5, 5.41) is 3.99. The first-order chi connectivity index (χ1) is 11.6. The van der Waals surface area contributed by atoms with Crippen LogP contribution in [-0.4, -0.2) is 50.8 Å². The van der Waals surface area contributed by atoms with Gasteiger partial charge in [-0.1, -0.05) is 18.2 Å². The first kappa shape index (κ1) is 16.3. The van der Waals surface area contributed by atoms with E-state index in [2.05, 4.69) is 29.1 Å². The highest BCUT2D eigenvalue weighted by molar-refractivity contribution is 5.76. The average Bonchev–Trinajstić information content (AvgIpc) is 2.92. The molecule has 1 aliphatic rings. The van der Waals surface area contributed by atoms with Gasteiger partial charge in [0.1, 0.15) is 6.33 Å². The molecule has 0 aliphatic carbocycles. The van der Waals surface area contributed by atoms with E-state index in [4.69, 9.17) is 0 Å². The molecule has 0 spiro atoms. The summed E-state index contributed by atoms with van der Waals surface area (Å²) in [6, 6.07) is 10.5. The zero-order chi connectivity index (χ0) is 17.1. The number of benzene rings is 1. The van der Waals surface area contributed by atoms with Crippen molar-refractivity contribution in [2.45, 2.75) is 25.9 Å². The number of aromatic nitrogens is 3. The van der Waals surface area contributed by atoms with Crippen LogP contribution in [0.1, 0.15) is 13.3 Å². The Morgan fingerprint density at radius 1 is 1.25 bits per heavy atom. The zero-order valence-corrected chi connectivity index (χ0v) is 14.1. The summed E-state index contributed by atoms with van der Waals surface area (Å²) in [4.78, 5) is 28.4. The highest BCUT2D eigenvalue weighted by Crippen LogP contribution is 2.20. The molecule has 2 aromatic rings. The monoisotopic (exact) mass is 329 g/mol. The second-order valence-corrected chi connectivity index (χ2v) is 6.22. The Bertz CT molecular complexity index is 752. The average molecular weight is 329 g/mol. The van der Waals surface area contributed by atoms with Crippen molar-refractivity contribution in [2.75, 3.05) is 24.5 Å². The van der Waals surface area contributed by atoms with Gasteiger partial charge in [-0.05, 0) is 19.1 Å². The van der Waals surface area contributed by atoms with E-state index in [9.17, 15) is 9.59 Å². The van der Waals surface area contributed by atoms with Crippen molar-refractivity contribution in [2.24, 2.45) is 7.05 Å². The van der Waals surface area contributed by atoms with Gasteiger partial charge in [0, 0.05) is 44.8 Å². The van der Waals surface area contributed by atoms with Crippen LogP contribution < -0.4 is 10.6 Å². The lowest BCUT2D eigenvalue weighted by atomic mass is 10.1. The van der Waals surface area contributed by atoms with Gasteiger partial charge >= 0.3 is 5.69 Å². The first-order valence-corrected chi connectivity index (χ1v) is 8.24. The van der Waals surface area contributed by atoms with Crippen molar-refractivity contribution in [3.63, 3.8) is 0 Å². The quantitative estimate of drug-likeness (QED) is 0.829. The third-order valence-electron chi connectivity index (χ3n) is 4.49. The van der Waals surface area contributed by atoms with Gasteiger partial charge in [0.05, 0.1) is 6.54 Å². The van der Waals surface area contributed by atoms with Crippen molar-refractivity contribution < 1.29 is 4.79 Å². The van der Waals surface area contributed by atoms with Crippen molar-refractivity contribution in [1.29, 1.82) is 0 Å². The molecule has 1 saturated heterocycles. The maximum atomic E-state index is 12.4. The summed E-state index contributed by atoms with van der Waals surface area (Å²) in [6.07, 6.45) is 1.77. The molecule has 7 nitrogen and oxygen atoms in total. The minimum atomic E-state index is -0.190. The van der Waals surface area contributed by atoms with E-state index in [1.54, 1.807) is 7.05 Å². The number of para-hydroxylation sites is 1. The number of hydrogen-bond donors (Lipinski definition) is 0. The van der Waals surface area contributed by atoms with E-state index in [1.165, 1.54) is 21.3 Å². The molecule has 0 N–H and O–H groups in total. The van der Waals surface area contributed by atoms with Crippen LogP contribution >= 0.6 is 0 Å². The molecular formula is C17H23N5O2. The molecule has 1 aromatic heterocycles. The number of nitrogens with zero attached hydrogens (tertiary/aromatic N) is 5. The summed E-state index contributed by atoms with van der Waals surface area (Å²) < 4.78 is 2.74. The van der Waals surface area contributed by atoms with E-state index < -0.39 is 0 Å². The third kappa shape index (κ3) is 3.34. The highest BCUT2D eigenvalue weighted by Gasteiger charge is 2.26. The largest absolute Gasteiger partial charge is 0.365 e. The predicted octanol–water partition coefficient (Wildman–Crippen LogP) is 0.709. The molecule has 2 heterocycles. The summed E-state index contributed by atoms with van der Waals surface area (Å²) in [5.74, 6) is 0.0760. The lowest BCUT2D eigenvalue weighted by Gasteiger charge is -2.41. The Morgan fingerprint density at radius 3 is 2.62 bits per heavy atom. The molecule has 1 aromatic carbocycles. The minimum absolute atomic E-state index is 0.0760. The number of carbonyl (C=O) groups is 1. The van der Waals surface area contributed by atoms with Crippen molar-refractivity contribution in [3.05, 3.63) is 47.1 Å². The van der Waals surface area contributed by atoms with Crippen LogP contribution in [0, 0.1) is 0 Å². The first-order valence-electron chi connectivity index (χ1n) is 8.24. The molecule has 1 atom stereocenters. The van der Waals surface area contributed by atoms with Gasteiger partial charge in [-0.25, -0.2) is 9.48 Å². The normalized spacial score (nSPS) is 18.0. The fourth-order valence-corrected chi connectivity index (χ4v) is 3.12. The molecule has 0 saturated carbocycles. The van der Waals surface area contributed by atoms with Gasteiger partial charge in [-0.3, -0.25) is 9.36 Å². The summed E-state index contributed by atoms with van der Waals surface area (Å²) in [7, 11) is 1.65. The number of carbonyl (C=O) groups excluding carboxylic acids is 1. The molecule has 3 rings (SSSR count). The highest BCUT2D eigenvalue weighted by atomic mass is 16.2. The number of rotatable bonds is 4. The standard InChI is InChI=1S/C17H23N5O2/c1-14-12-20(10-11-21(14)15-6-4-3-5-7-15)16(23)8-9-22-17(24)19(2)13-18-22/h3-7,13-14H,8-12H2,1-2H3. The number of anilines is 1. The number of piperazine rings is 1. The molecule has 1 amide bonds. The SMILES string of the molecule is CC1CN(C(=O)CCn2ncn(C)c2=O)CCN1c1ccccc1. The molecule has 128 valence electrons. The Labute approximate surface area is 141 Å². The summed E-state index contributed by atoms with van der Waals surface area (Å²) >= 11 is 0. The maximum Gasteiger partial charge on any atom is 0.345 e. The molecule has 7 heteroatoms. The molecule has 1 aliphatic heterocycles. The predicted molar refractivity (Wildman–Crippen MR) is 91.9 cm³/mol. The molecule has 24 heavy (non-hydrogen) atoms. The van der Waals surface area contributed by atoms with E-state index in [0.29, 0.717) is 26.1 Å². The summed E-state index contributed by atoms with van der Waals surface area (Å²) in [5.41, 5.74) is 1.00. The van der Waals surface area contributed by atoms with Gasteiger partial charge in [0.25, 0.3) is 0 Å². The van der Waals surface area contributed by atoms with Crippen LogP contribution in [-0.2, 0) is 18.4 Å². The Hall–Kier alpha value is -2.57. The van der Waals surface area contributed by atoms with Crippen LogP contribution in [0.4, 0.5) is 5.69 Å². The fraction of sp³-hybridized carbons (Fsp3) is 0.471. The molecule has 1 unspecified atom stereocenters. The Balaban J connectivity index is 1.56. The second kappa shape index (κ2) is 6.90. The van der Waals surface area contributed by atoms with Crippen molar-refractivity contribution in [1.82, 2.24) is 19.2 Å². The van der Waals surface area contributed by atoms with E-state index in [1.807, 2.05) is 23.1 Å². The van der Waals surface area contributed by atoms with Crippen LogP contribution in [0.25, 0.3) is 0 Å². The van der Waals surface area contributed by atoms with Crippen LogP contribution in [0.15, 0.2) is 41.5 Å². The van der Waals surface area contributed by atoms with Gasteiger partial charge in [-0.2, -0.15) is 5.10 Å². The second-order valence-electron chi connectivity index (χ2n) is 6.22. The maximum absolute atomic E-state index is 12.4. The van der Waals surface area contributed by atoms with Gasteiger partial charge in [0.2, 0.25) is 5.91 Å². The number of aryl methyl sites for hydroxylation is 2.